The number of piperazine rings is 1. The second kappa shape index (κ2) is 6.74. The summed E-state index contributed by atoms with van der Waals surface area (Å²) in [7, 11) is 0. The molecule has 1 saturated heterocycles. The van der Waals surface area contributed by atoms with Gasteiger partial charge in [0.2, 0.25) is 5.91 Å². The molecule has 0 spiro atoms. The number of para-hydroxylation sites is 2. The Hall–Kier alpha value is -2.15. The van der Waals surface area contributed by atoms with E-state index in [4.69, 9.17) is 5.73 Å². The molecule has 2 N–H and O–H groups in total. The van der Waals surface area contributed by atoms with Gasteiger partial charge in [-0.15, -0.1) is 0 Å². The number of anilines is 1. The summed E-state index contributed by atoms with van der Waals surface area (Å²) in [5, 5.41) is 11.1. The summed E-state index contributed by atoms with van der Waals surface area (Å²) in [6.07, 6.45) is 0. The van der Waals surface area contributed by atoms with E-state index >= 15 is 0 Å². The van der Waals surface area contributed by atoms with Crippen LogP contribution in [-0.2, 0) is 4.79 Å². The number of nitrogens with two attached hydrogens (primary N) is 1. The first-order valence-electron chi connectivity index (χ1n) is 7.44. The maximum absolute atomic E-state index is 12.2. The third kappa shape index (κ3) is 3.36. The average molecular weight is 306 g/mol. The lowest BCUT2D eigenvalue weighted by molar-refractivity contribution is -0.384. The van der Waals surface area contributed by atoms with E-state index in [2.05, 4.69) is 0 Å². The smallest absolute Gasteiger partial charge is 0.292 e. The quantitative estimate of drug-likeness (QED) is 0.667. The molecule has 0 radical (unpaired) electrons. The van der Waals surface area contributed by atoms with E-state index in [1.54, 1.807) is 23.1 Å². The fourth-order valence-electron chi connectivity index (χ4n) is 2.55. The molecule has 1 unspecified atom stereocenters. The molecule has 0 aliphatic carbocycles. The van der Waals surface area contributed by atoms with Gasteiger partial charge in [0.15, 0.2) is 0 Å². The van der Waals surface area contributed by atoms with Gasteiger partial charge in [-0.2, -0.15) is 0 Å². The second-order valence-corrected chi connectivity index (χ2v) is 5.83. The monoisotopic (exact) mass is 306 g/mol. The standard InChI is InChI=1S/C15H22N4O3/c1-11(2)14(16)15(20)18-9-7-17(8-10-18)12-5-3-4-6-13(12)19(21)22/h3-6,11,14H,7-10,16H2,1-2H3. The van der Waals surface area contributed by atoms with Crippen LogP contribution in [0.25, 0.3) is 0 Å². The van der Waals surface area contributed by atoms with Crippen LogP contribution in [0, 0.1) is 16.0 Å². The van der Waals surface area contributed by atoms with E-state index in [0.29, 0.717) is 31.9 Å². The minimum absolute atomic E-state index is 0.0442. The number of nitrogens with zero attached hydrogens (tertiary/aromatic N) is 3. The van der Waals surface area contributed by atoms with E-state index < -0.39 is 6.04 Å². The summed E-state index contributed by atoms with van der Waals surface area (Å²) in [5.74, 6) is 0.0537. The van der Waals surface area contributed by atoms with Crippen LogP contribution >= 0.6 is 0 Å². The van der Waals surface area contributed by atoms with Gasteiger partial charge in [-0.25, -0.2) is 0 Å². The molecule has 1 fully saturated rings. The van der Waals surface area contributed by atoms with Gasteiger partial charge >= 0.3 is 0 Å². The second-order valence-electron chi connectivity index (χ2n) is 5.83. The van der Waals surface area contributed by atoms with Crippen molar-refractivity contribution in [3.8, 4) is 0 Å². The topological polar surface area (TPSA) is 92.7 Å². The van der Waals surface area contributed by atoms with Crippen molar-refractivity contribution in [3.05, 3.63) is 34.4 Å². The van der Waals surface area contributed by atoms with Gasteiger partial charge in [-0.3, -0.25) is 14.9 Å². The van der Waals surface area contributed by atoms with Crippen molar-refractivity contribution in [1.29, 1.82) is 0 Å². The molecule has 0 aromatic heterocycles. The van der Waals surface area contributed by atoms with Crippen molar-refractivity contribution in [2.24, 2.45) is 11.7 Å². The van der Waals surface area contributed by atoms with Crippen LogP contribution in [0.3, 0.4) is 0 Å². The molecule has 1 aliphatic heterocycles. The molecule has 1 aliphatic rings. The van der Waals surface area contributed by atoms with Gasteiger partial charge in [0.25, 0.3) is 5.69 Å². The molecule has 1 heterocycles. The maximum atomic E-state index is 12.2. The third-order valence-corrected chi connectivity index (χ3v) is 4.01. The number of rotatable bonds is 4. The lowest BCUT2D eigenvalue weighted by Crippen LogP contribution is -2.54. The van der Waals surface area contributed by atoms with Crippen molar-refractivity contribution in [2.75, 3.05) is 31.1 Å². The van der Waals surface area contributed by atoms with Crippen LogP contribution < -0.4 is 10.6 Å². The van der Waals surface area contributed by atoms with Crippen LogP contribution in [0.2, 0.25) is 0 Å². The van der Waals surface area contributed by atoms with E-state index in [-0.39, 0.29) is 22.4 Å². The van der Waals surface area contributed by atoms with Crippen molar-refractivity contribution < 1.29 is 9.72 Å². The van der Waals surface area contributed by atoms with Crippen LogP contribution in [0.1, 0.15) is 13.8 Å². The Morgan fingerprint density at radius 1 is 1.23 bits per heavy atom. The Morgan fingerprint density at radius 2 is 1.82 bits per heavy atom. The summed E-state index contributed by atoms with van der Waals surface area (Å²) in [4.78, 5) is 26.7. The van der Waals surface area contributed by atoms with Crippen molar-refractivity contribution >= 4 is 17.3 Å². The molecule has 1 atom stereocenters. The largest absolute Gasteiger partial charge is 0.362 e. The third-order valence-electron chi connectivity index (χ3n) is 4.01. The Bertz CT molecular complexity index is 553. The highest BCUT2D eigenvalue weighted by molar-refractivity contribution is 5.82. The van der Waals surface area contributed by atoms with Gasteiger partial charge in [0, 0.05) is 32.2 Å². The number of hydrogen-bond donors (Lipinski definition) is 1. The van der Waals surface area contributed by atoms with E-state index in [0.717, 1.165) is 0 Å². The predicted octanol–water partition coefficient (Wildman–Crippen LogP) is 1.23. The number of carbonyl (C=O) groups excluding carboxylic acids is 1. The predicted molar refractivity (Wildman–Crippen MR) is 84.7 cm³/mol. The molecular formula is C15H22N4O3. The van der Waals surface area contributed by atoms with Crippen LogP contribution in [-0.4, -0.2) is 48.0 Å². The number of benzene rings is 1. The summed E-state index contributed by atoms with van der Waals surface area (Å²) < 4.78 is 0. The number of nitro benzene ring substituents is 1. The van der Waals surface area contributed by atoms with E-state index in [9.17, 15) is 14.9 Å². The summed E-state index contributed by atoms with van der Waals surface area (Å²) in [6.45, 7) is 6.05. The fraction of sp³-hybridized carbons (Fsp3) is 0.533. The zero-order valence-electron chi connectivity index (χ0n) is 12.9. The van der Waals surface area contributed by atoms with Crippen LogP contribution in [0.5, 0.6) is 0 Å². The summed E-state index contributed by atoms with van der Waals surface area (Å²) in [5.41, 5.74) is 6.61. The minimum atomic E-state index is -0.488. The molecule has 1 amide bonds. The average Bonchev–Trinajstić information content (AvgIpc) is 2.53. The normalized spacial score (nSPS) is 16.7. The van der Waals surface area contributed by atoms with Gasteiger partial charge in [-0.05, 0) is 12.0 Å². The lowest BCUT2D eigenvalue weighted by atomic mass is 10.0. The van der Waals surface area contributed by atoms with Crippen LogP contribution in [0.15, 0.2) is 24.3 Å². The van der Waals surface area contributed by atoms with Gasteiger partial charge in [0.05, 0.1) is 11.0 Å². The minimum Gasteiger partial charge on any atom is -0.362 e. The zero-order chi connectivity index (χ0) is 16.3. The molecule has 0 bridgehead atoms. The fourth-order valence-corrected chi connectivity index (χ4v) is 2.55. The van der Waals surface area contributed by atoms with Crippen molar-refractivity contribution in [2.45, 2.75) is 19.9 Å². The first-order valence-corrected chi connectivity index (χ1v) is 7.44. The molecule has 0 saturated carbocycles. The van der Waals surface area contributed by atoms with Gasteiger partial charge in [-0.1, -0.05) is 26.0 Å². The number of hydrogen-bond acceptors (Lipinski definition) is 5. The van der Waals surface area contributed by atoms with Gasteiger partial charge < -0.3 is 15.5 Å². The molecule has 7 heteroatoms. The highest BCUT2D eigenvalue weighted by atomic mass is 16.6. The zero-order valence-corrected chi connectivity index (χ0v) is 12.9. The summed E-state index contributed by atoms with van der Waals surface area (Å²) >= 11 is 0. The molecule has 1 aromatic carbocycles. The Kier molecular flexibility index (Phi) is 4.97. The highest BCUT2D eigenvalue weighted by Crippen LogP contribution is 2.28. The Balaban J connectivity index is 2.04. The molecule has 120 valence electrons. The molecule has 1 aromatic rings. The number of nitro groups is 1. The highest BCUT2D eigenvalue weighted by Gasteiger charge is 2.28. The van der Waals surface area contributed by atoms with Crippen molar-refractivity contribution in [1.82, 2.24) is 4.90 Å². The first-order chi connectivity index (χ1) is 10.4. The first kappa shape index (κ1) is 16.2. The van der Waals surface area contributed by atoms with Gasteiger partial charge in [0.1, 0.15) is 5.69 Å². The van der Waals surface area contributed by atoms with Crippen molar-refractivity contribution in [3.63, 3.8) is 0 Å². The molecule has 2 rings (SSSR count). The van der Waals surface area contributed by atoms with Crippen LogP contribution in [0.4, 0.5) is 11.4 Å². The maximum Gasteiger partial charge on any atom is 0.292 e. The molecule has 22 heavy (non-hydrogen) atoms. The molecule has 7 nitrogen and oxygen atoms in total. The van der Waals surface area contributed by atoms with E-state index in [1.807, 2.05) is 18.7 Å². The number of carbonyl (C=O) groups is 1. The molecular weight excluding hydrogens is 284 g/mol. The lowest BCUT2D eigenvalue weighted by Gasteiger charge is -2.37. The Morgan fingerprint density at radius 3 is 2.36 bits per heavy atom. The van der Waals surface area contributed by atoms with E-state index in [1.165, 1.54) is 6.07 Å². The number of amides is 1. The SMILES string of the molecule is CC(C)C(N)C(=O)N1CCN(c2ccccc2[N+](=O)[O-])CC1. The Labute approximate surface area is 129 Å². The summed E-state index contributed by atoms with van der Waals surface area (Å²) in [6, 6.07) is 6.20.